The maximum Gasteiger partial charge on any atom is 0.227 e. The molecule has 0 amide bonds. The van der Waals surface area contributed by atoms with Crippen LogP contribution >= 0.6 is 0 Å². The molecule has 38 heavy (non-hydrogen) atoms. The number of aromatic nitrogens is 4. The number of halogens is 3. The van der Waals surface area contributed by atoms with Crippen molar-refractivity contribution in [3.8, 4) is 11.3 Å². The fraction of sp³-hybridized carbons (Fsp3) is 0.393. The number of hydrogen-bond donors (Lipinski definition) is 1. The maximum atomic E-state index is 15.0. The lowest BCUT2D eigenvalue weighted by atomic mass is 10.1. The van der Waals surface area contributed by atoms with Crippen molar-refractivity contribution < 1.29 is 13.2 Å². The molecule has 5 rings (SSSR count). The first-order chi connectivity index (χ1) is 18.2. The number of nitrogens with one attached hydrogen (secondary N) is 1. The molecule has 1 fully saturated rings. The van der Waals surface area contributed by atoms with Crippen LogP contribution in [0.3, 0.4) is 0 Å². The third-order valence-corrected chi connectivity index (χ3v) is 6.97. The zero-order chi connectivity index (χ0) is 27.0. The molecular formula is C28H32F3N7. The summed E-state index contributed by atoms with van der Waals surface area (Å²) in [6.07, 6.45) is 2.08. The Kier molecular flexibility index (Phi) is 7.36. The van der Waals surface area contributed by atoms with E-state index < -0.39 is 11.6 Å². The second kappa shape index (κ2) is 10.7. The molecule has 0 radical (unpaired) electrons. The Labute approximate surface area is 220 Å². The van der Waals surface area contributed by atoms with Gasteiger partial charge in [-0.2, -0.15) is 0 Å². The van der Waals surface area contributed by atoms with Gasteiger partial charge in [0.15, 0.2) is 11.6 Å². The first-order valence-electron chi connectivity index (χ1n) is 12.9. The monoisotopic (exact) mass is 523 g/mol. The molecule has 2 aromatic carbocycles. The van der Waals surface area contributed by atoms with E-state index in [2.05, 4.69) is 37.1 Å². The fourth-order valence-corrected chi connectivity index (χ4v) is 5.07. The van der Waals surface area contributed by atoms with Gasteiger partial charge in [-0.3, -0.25) is 4.90 Å². The van der Waals surface area contributed by atoms with Crippen LogP contribution in [0.2, 0.25) is 0 Å². The molecular weight excluding hydrogens is 491 g/mol. The van der Waals surface area contributed by atoms with Gasteiger partial charge in [-0.15, -0.1) is 0 Å². The number of rotatable bonds is 6. The average Bonchev–Trinajstić information content (AvgIpc) is 3.07. The molecule has 0 spiro atoms. The van der Waals surface area contributed by atoms with E-state index in [4.69, 9.17) is 0 Å². The van der Waals surface area contributed by atoms with Crippen molar-refractivity contribution in [1.82, 2.24) is 29.3 Å². The van der Waals surface area contributed by atoms with Gasteiger partial charge in [0, 0.05) is 42.5 Å². The summed E-state index contributed by atoms with van der Waals surface area (Å²) in [7, 11) is 2.10. The van der Waals surface area contributed by atoms with Gasteiger partial charge in [0.05, 0.1) is 11.7 Å². The summed E-state index contributed by atoms with van der Waals surface area (Å²) in [6.45, 7) is 10.1. The minimum atomic E-state index is -0.689. The molecule has 1 N–H and O–H groups in total. The van der Waals surface area contributed by atoms with Crippen LogP contribution < -0.4 is 5.32 Å². The summed E-state index contributed by atoms with van der Waals surface area (Å²) >= 11 is 0. The summed E-state index contributed by atoms with van der Waals surface area (Å²) < 4.78 is 46.6. The van der Waals surface area contributed by atoms with Gasteiger partial charge in [0.2, 0.25) is 5.95 Å². The molecule has 7 nitrogen and oxygen atoms in total. The molecule has 10 heteroatoms. The molecule has 0 aliphatic carbocycles. The summed E-state index contributed by atoms with van der Waals surface area (Å²) in [5, 5.41) is 2.95. The molecule has 1 aliphatic rings. The number of hydrogen-bond acceptors (Lipinski definition) is 6. The van der Waals surface area contributed by atoms with E-state index >= 15 is 0 Å². The van der Waals surface area contributed by atoms with Crippen LogP contribution in [-0.2, 0) is 6.54 Å². The lowest BCUT2D eigenvalue weighted by Gasteiger charge is -2.20. The quantitative estimate of drug-likeness (QED) is 0.351. The van der Waals surface area contributed by atoms with Crippen molar-refractivity contribution in [2.75, 3.05) is 38.5 Å². The summed E-state index contributed by atoms with van der Waals surface area (Å²) in [4.78, 5) is 17.2. The molecule has 3 heterocycles. The highest BCUT2D eigenvalue weighted by Crippen LogP contribution is 2.30. The van der Waals surface area contributed by atoms with Crippen molar-refractivity contribution >= 4 is 22.7 Å². The van der Waals surface area contributed by atoms with Crippen LogP contribution in [0.25, 0.3) is 22.3 Å². The van der Waals surface area contributed by atoms with E-state index in [1.165, 1.54) is 12.1 Å². The lowest BCUT2D eigenvalue weighted by Crippen LogP contribution is -2.28. The van der Waals surface area contributed by atoms with Crippen molar-refractivity contribution in [2.24, 2.45) is 0 Å². The standard InChI is InChI=1S/C28H32F3N7/c1-17(2)38-18(3)33-27-23(30)12-20(13-25(27)38)26-24(31)15-32-28(35-26)34-21-7-6-19(22(29)14-21)16-37-9-5-8-36(4)10-11-37/h6-7,12-15,17H,5,8-11,16H2,1-4H3,(H,32,34,35). The van der Waals surface area contributed by atoms with Crippen LogP contribution in [-0.4, -0.2) is 62.5 Å². The first kappa shape index (κ1) is 26.1. The summed E-state index contributed by atoms with van der Waals surface area (Å²) in [5.74, 6) is -0.823. The van der Waals surface area contributed by atoms with Crippen LogP contribution in [0.1, 0.15) is 37.7 Å². The number of likely N-dealkylation sites (N-methyl/N-ethyl adjacent to an activating group) is 1. The van der Waals surface area contributed by atoms with Crippen LogP contribution in [0.4, 0.5) is 24.8 Å². The molecule has 0 atom stereocenters. The SMILES string of the molecule is Cc1nc2c(F)cc(-c3nc(Nc4ccc(CN5CCCN(C)CC5)c(F)c4)ncc3F)cc2n1C(C)C. The Balaban J connectivity index is 1.39. The van der Waals surface area contributed by atoms with Gasteiger partial charge in [0.1, 0.15) is 22.9 Å². The Morgan fingerprint density at radius 2 is 1.76 bits per heavy atom. The van der Waals surface area contributed by atoms with Crippen LogP contribution in [0, 0.1) is 24.4 Å². The van der Waals surface area contributed by atoms with E-state index in [9.17, 15) is 13.2 Å². The molecule has 0 unspecified atom stereocenters. The smallest absolute Gasteiger partial charge is 0.227 e. The second-order valence-corrected chi connectivity index (χ2v) is 10.2. The summed E-state index contributed by atoms with van der Waals surface area (Å²) in [5.41, 5.74) is 2.06. The number of imidazole rings is 1. The predicted octanol–water partition coefficient (Wildman–Crippen LogP) is 5.68. The number of benzene rings is 2. The van der Waals surface area contributed by atoms with Crippen LogP contribution in [0.5, 0.6) is 0 Å². The van der Waals surface area contributed by atoms with Crippen LogP contribution in [0.15, 0.2) is 36.5 Å². The number of nitrogens with zero attached hydrogens (tertiary/aromatic N) is 6. The Bertz CT molecular complexity index is 1470. The number of aryl methyl sites for hydroxylation is 1. The van der Waals surface area contributed by atoms with Crippen molar-refractivity contribution in [2.45, 2.75) is 39.8 Å². The Morgan fingerprint density at radius 3 is 2.53 bits per heavy atom. The van der Waals surface area contributed by atoms with Gasteiger partial charge < -0.3 is 14.8 Å². The molecule has 0 saturated carbocycles. The first-order valence-corrected chi connectivity index (χ1v) is 12.9. The Hall–Kier alpha value is -3.50. The third-order valence-electron chi connectivity index (χ3n) is 6.97. The van der Waals surface area contributed by atoms with Crippen molar-refractivity contribution in [3.05, 3.63) is 65.4 Å². The van der Waals surface area contributed by atoms with E-state index in [-0.39, 0.29) is 34.6 Å². The summed E-state index contributed by atoms with van der Waals surface area (Å²) in [6, 6.07) is 7.84. The molecule has 200 valence electrons. The maximum absolute atomic E-state index is 15.0. The van der Waals surface area contributed by atoms with Gasteiger partial charge in [0.25, 0.3) is 0 Å². The normalized spacial score (nSPS) is 15.4. The molecule has 0 bridgehead atoms. The highest BCUT2D eigenvalue weighted by molar-refractivity contribution is 5.83. The number of fused-ring (bicyclic) bond motifs is 1. The third kappa shape index (κ3) is 5.37. The van der Waals surface area contributed by atoms with E-state index in [1.54, 1.807) is 18.2 Å². The molecule has 1 aliphatic heterocycles. The van der Waals surface area contributed by atoms with E-state index in [0.29, 0.717) is 29.1 Å². The minimum absolute atomic E-state index is 0.0423. The molecule has 4 aromatic rings. The lowest BCUT2D eigenvalue weighted by molar-refractivity contribution is 0.266. The van der Waals surface area contributed by atoms with Gasteiger partial charge >= 0.3 is 0 Å². The van der Waals surface area contributed by atoms with Gasteiger partial charge in [-0.05, 0) is 71.6 Å². The topological polar surface area (TPSA) is 62.1 Å². The van der Waals surface area contributed by atoms with Crippen molar-refractivity contribution in [3.63, 3.8) is 0 Å². The predicted molar refractivity (Wildman–Crippen MR) is 143 cm³/mol. The van der Waals surface area contributed by atoms with Crippen molar-refractivity contribution in [1.29, 1.82) is 0 Å². The zero-order valence-corrected chi connectivity index (χ0v) is 22.1. The highest BCUT2D eigenvalue weighted by Gasteiger charge is 2.19. The van der Waals surface area contributed by atoms with Gasteiger partial charge in [-0.25, -0.2) is 28.1 Å². The zero-order valence-electron chi connectivity index (χ0n) is 22.1. The average molecular weight is 524 g/mol. The van der Waals surface area contributed by atoms with E-state index in [1.807, 2.05) is 25.3 Å². The fourth-order valence-electron chi connectivity index (χ4n) is 5.07. The largest absolute Gasteiger partial charge is 0.326 e. The molecule has 1 saturated heterocycles. The Morgan fingerprint density at radius 1 is 0.947 bits per heavy atom. The minimum Gasteiger partial charge on any atom is -0.326 e. The van der Waals surface area contributed by atoms with E-state index in [0.717, 1.165) is 38.8 Å². The van der Waals surface area contributed by atoms with Gasteiger partial charge in [-0.1, -0.05) is 6.07 Å². The highest BCUT2D eigenvalue weighted by atomic mass is 19.1. The second-order valence-electron chi connectivity index (χ2n) is 10.2. The molecule has 2 aromatic heterocycles. The number of anilines is 2.